The third kappa shape index (κ3) is 3.17. The molecular weight excluding hydrogens is 218 g/mol. The average Bonchev–Trinajstić information content (AvgIpc) is 2.24. The monoisotopic (exact) mass is 237 g/mol. The molecule has 0 aliphatic heterocycles. The molecule has 0 unspecified atom stereocenters. The van der Waals surface area contributed by atoms with E-state index in [1.54, 1.807) is 18.3 Å². The zero-order valence-electron chi connectivity index (χ0n) is 10.4. The predicted octanol–water partition coefficient (Wildman–Crippen LogP) is 1.86. The maximum atomic E-state index is 11.4. The zero-order valence-corrected chi connectivity index (χ0v) is 10.4. The summed E-state index contributed by atoms with van der Waals surface area (Å²) >= 11 is 0. The van der Waals surface area contributed by atoms with Crippen LogP contribution in [0.25, 0.3) is 0 Å². The Hall–Kier alpha value is -1.62. The van der Waals surface area contributed by atoms with Gasteiger partial charge < -0.3 is 10.8 Å². The molecule has 0 aliphatic rings. The van der Waals surface area contributed by atoms with Crippen LogP contribution in [0.3, 0.4) is 0 Å². The van der Waals surface area contributed by atoms with Gasteiger partial charge in [-0.05, 0) is 32.9 Å². The molecule has 1 aromatic heterocycles. The lowest BCUT2D eigenvalue weighted by Crippen LogP contribution is -2.49. The van der Waals surface area contributed by atoms with Crippen molar-refractivity contribution in [2.24, 2.45) is 5.73 Å². The van der Waals surface area contributed by atoms with Crippen molar-refractivity contribution in [3.05, 3.63) is 30.1 Å². The van der Waals surface area contributed by atoms with Crippen LogP contribution in [0, 0.1) is 0 Å². The van der Waals surface area contributed by atoms with Gasteiger partial charge in [0.05, 0.1) is 11.7 Å². The highest BCUT2D eigenvalue weighted by Crippen LogP contribution is 2.26. The van der Waals surface area contributed by atoms with Crippen molar-refractivity contribution in [1.82, 2.24) is 9.88 Å². The van der Waals surface area contributed by atoms with Crippen LogP contribution in [-0.4, -0.2) is 33.2 Å². The Kier molecular flexibility index (Phi) is 4.07. The van der Waals surface area contributed by atoms with Crippen LogP contribution >= 0.6 is 0 Å². The van der Waals surface area contributed by atoms with E-state index >= 15 is 0 Å². The van der Waals surface area contributed by atoms with Crippen molar-refractivity contribution >= 4 is 6.09 Å². The molecule has 0 saturated carbocycles. The van der Waals surface area contributed by atoms with Crippen LogP contribution in [0.5, 0.6) is 0 Å². The minimum atomic E-state index is -0.987. The van der Waals surface area contributed by atoms with Crippen LogP contribution in [0.2, 0.25) is 0 Å². The van der Waals surface area contributed by atoms with Gasteiger partial charge in [0, 0.05) is 18.3 Å². The quantitative estimate of drug-likeness (QED) is 0.841. The van der Waals surface area contributed by atoms with E-state index in [-0.39, 0.29) is 6.54 Å². The molecule has 1 aromatic rings. The van der Waals surface area contributed by atoms with Gasteiger partial charge in [0.25, 0.3) is 0 Å². The molecule has 0 bridgehead atoms. The Morgan fingerprint density at radius 3 is 2.53 bits per heavy atom. The highest BCUT2D eigenvalue weighted by Gasteiger charge is 2.33. The van der Waals surface area contributed by atoms with Crippen LogP contribution in [0.1, 0.15) is 32.5 Å². The minimum Gasteiger partial charge on any atom is -0.465 e. The van der Waals surface area contributed by atoms with Crippen LogP contribution in [0.15, 0.2) is 24.4 Å². The molecule has 5 nitrogen and oxygen atoms in total. The van der Waals surface area contributed by atoms with E-state index in [1.807, 2.05) is 26.8 Å². The van der Waals surface area contributed by atoms with E-state index < -0.39 is 17.7 Å². The van der Waals surface area contributed by atoms with Gasteiger partial charge in [-0.25, -0.2) is 4.79 Å². The lowest BCUT2D eigenvalue weighted by molar-refractivity contribution is 0.0708. The second-order valence-corrected chi connectivity index (χ2v) is 4.83. The van der Waals surface area contributed by atoms with Gasteiger partial charge in [0.15, 0.2) is 0 Å². The summed E-state index contributed by atoms with van der Waals surface area (Å²) in [7, 11) is 0. The number of amides is 1. The fraction of sp³-hybridized carbons (Fsp3) is 0.500. The normalized spacial score (nSPS) is 13.2. The summed E-state index contributed by atoms with van der Waals surface area (Å²) in [5, 5.41) is 9.31. The number of rotatable bonds is 3. The molecule has 1 amide bonds. The molecule has 3 N–H and O–H groups in total. The fourth-order valence-corrected chi connectivity index (χ4v) is 1.82. The molecule has 0 fully saturated rings. The first-order valence-electron chi connectivity index (χ1n) is 5.51. The predicted molar refractivity (Wildman–Crippen MR) is 65.6 cm³/mol. The third-order valence-corrected chi connectivity index (χ3v) is 2.49. The van der Waals surface area contributed by atoms with E-state index in [2.05, 4.69) is 4.98 Å². The maximum Gasteiger partial charge on any atom is 0.408 e. The summed E-state index contributed by atoms with van der Waals surface area (Å²) in [5.74, 6) is 0. The van der Waals surface area contributed by atoms with Crippen LogP contribution in [0.4, 0.5) is 4.79 Å². The van der Waals surface area contributed by atoms with E-state index in [9.17, 15) is 9.90 Å². The smallest absolute Gasteiger partial charge is 0.408 e. The summed E-state index contributed by atoms with van der Waals surface area (Å²) in [4.78, 5) is 16.9. The van der Waals surface area contributed by atoms with E-state index in [4.69, 9.17) is 5.73 Å². The van der Waals surface area contributed by atoms with Crippen molar-refractivity contribution in [1.29, 1.82) is 0 Å². The lowest BCUT2D eigenvalue weighted by Gasteiger charge is -2.38. The van der Waals surface area contributed by atoms with Crippen LogP contribution in [-0.2, 0) is 0 Å². The summed E-state index contributed by atoms with van der Waals surface area (Å²) in [5.41, 5.74) is 5.85. The Bertz CT molecular complexity index is 373. The first-order valence-corrected chi connectivity index (χ1v) is 5.51. The minimum absolute atomic E-state index is 0.209. The number of nitrogens with two attached hydrogens (primary N) is 1. The number of pyridine rings is 1. The molecular formula is C12H19N3O2. The SMILES string of the molecule is CC(C)(C)N(C(=O)O)[C@H](CN)c1ccccn1. The van der Waals surface area contributed by atoms with Gasteiger partial charge in [-0.15, -0.1) is 0 Å². The molecule has 1 atom stereocenters. The number of aromatic nitrogens is 1. The van der Waals surface area contributed by atoms with Crippen molar-refractivity contribution in [3.8, 4) is 0 Å². The number of hydrogen-bond donors (Lipinski definition) is 2. The molecule has 0 saturated heterocycles. The summed E-state index contributed by atoms with van der Waals surface area (Å²) in [6, 6.07) is 4.99. The van der Waals surface area contributed by atoms with Gasteiger partial charge in [-0.2, -0.15) is 0 Å². The summed E-state index contributed by atoms with van der Waals surface area (Å²) in [6.07, 6.45) is 0.652. The maximum absolute atomic E-state index is 11.4. The second-order valence-electron chi connectivity index (χ2n) is 4.83. The molecule has 1 heterocycles. The van der Waals surface area contributed by atoms with Crippen molar-refractivity contribution in [2.45, 2.75) is 32.4 Å². The number of hydrogen-bond acceptors (Lipinski definition) is 3. The Balaban J connectivity index is 3.11. The molecule has 0 aromatic carbocycles. The highest BCUT2D eigenvalue weighted by molar-refractivity contribution is 5.66. The fourth-order valence-electron chi connectivity index (χ4n) is 1.82. The van der Waals surface area contributed by atoms with Gasteiger partial charge in [0.2, 0.25) is 0 Å². The van der Waals surface area contributed by atoms with E-state index in [0.717, 1.165) is 0 Å². The molecule has 0 spiro atoms. The lowest BCUT2D eigenvalue weighted by atomic mass is 10.0. The largest absolute Gasteiger partial charge is 0.465 e. The average molecular weight is 237 g/mol. The van der Waals surface area contributed by atoms with E-state index in [0.29, 0.717) is 5.69 Å². The summed E-state index contributed by atoms with van der Waals surface area (Å²) in [6.45, 7) is 5.73. The molecule has 0 radical (unpaired) electrons. The number of carboxylic acid groups (broad SMARTS) is 1. The first-order chi connectivity index (χ1) is 7.88. The summed E-state index contributed by atoms with van der Waals surface area (Å²) < 4.78 is 0. The second kappa shape index (κ2) is 5.14. The standard InChI is InChI=1S/C12H19N3O2/c1-12(2,3)15(11(16)17)10(8-13)9-6-4-5-7-14-9/h4-7,10H,8,13H2,1-3H3,(H,16,17)/t10-/m1/s1. The van der Waals surface area contributed by atoms with Crippen LogP contribution < -0.4 is 5.73 Å². The first kappa shape index (κ1) is 13.4. The van der Waals surface area contributed by atoms with Gasteiger partial charge in [0.1, 0.15) is 0 Å². The van der Waals surface area contributed by atoms with E-state index in [1.165, 1.54) is 4.90 Å². The molecule has 0 aliphatic carbocycles. The topological polar surface area (TPSA) is 79.5 Å². The Labute approximate surface area is 101 Å². The van der Waals surface area contributed by atoms with Crippen molar-refractivity contribution in [2.75, 3.05) is 6.54 Å². The third-order valence-electron chi connectivity index (χ3n) is 2.49. The molecule has 1 rings (SSSR count). The highest BCUT2D eigenvalue weighted by atomic mass is 16.4. The van der Waals surface area contributed by atoms with Crippen molar-refractivity contribution in [3.63, 3.8) is 0 Å². The molecule has 94 valence electrons. The Morgan fingerprint density at radius 2 is 2.18 bits per heavy atom. The zero-order chi connectivity index (χ0) is 13.1. The number of nitrogens with zero attached hydrogens (tertiary/aromatic N) is 2. The van der Waals surface area contributed by atoms with Gasteiger partial charge in [-0.3, -0.25) is 9.88 Å². The molecule has 17 heavy (non-hydrogen) atoms. The number of carbonyl (C=O) groups is 1. The van der Waals surface area contributed by atoms with Crippen molar-refractivity contribution < 1.29 is 9.90 Å². The molecule has 5 heteroatoms. The Morgan fingerprint density at radius 1 is 1.53 bits per heavy atom. The van der Waals surface area contributed by atoms with Gasteiger partial charge >= 0.3 is 6.09 Å². The van der Waals surface area contributed by atoms with Gasteiger partial charge in [-0.1, -0.05) is 6.07 Å².